The molecule has 1 aliphatic rings. The maximum Gasteiger partial charge on any atom is 0.339 e. The summed E-state index contributed by atoms with van der Waals surface area (Å²) >= 11 is 0. The molecule has 0 aromatic carbocycles. The first-order valence-corrected chi connectivity index (χ1v) is 5.23. The van der Waals surface area contributed by atoms with Gasteiger partial charge in [0.2, 0.25) is 0 Å². The van der Waals surface area contributed by atoms with Gasteiger partial charge in [-0.2, -0.15) is 0 Å². The van der Waals surface area contributed by atoms with E-state index in [1.165, 1.54) is 6.20 Å². The van der Waals surface area contributed by atoms with Gasteiger partial charge in [0.25, 0.3) is 0 Å². The second kappa shape index (κ2) is 4.09. The molecule has 1 fully saturated rings. The molecule has 0 spiro atoms. The average Bonchev–Trinajstić information content (AvgIpc) is 2.24. The highest BCUT2D eigenvalue weighted by Crippen LogP contribution is 2.35. The Bertz CT molecular complexity index is 396. The van der Waals surface area contributed by atoms with Crippen molar-refractivity contribution in [3.05, 3.63) is 24.0 Å². The van der Waals surface area contributed by atoms with Crippen LogP contribution in [0.5, 0.6) is 0 Å². The van der Waals surface area contributed by atoms with Crippen LogP contribution in [0.25, 0.3) is 0 Å². The molecule has 1 aliphatic carbocycles. The van der Waals surface area contributed by atoms with Gasteiger partial charge in [0.1, 0.15) is 5.56 Å². The van der Waals surface area contributed by atoms with Crippen LogP contribution in [0.4, 0.5) is 5.69 Å². The van der Waals surface area contributed by atoms with Crippen molar-refractivity contribution < 1.29 is 15.0 Å². The van der Waals surface area contributed by atoms with Gasteiger partial charge < -0.3 is 15.5 Å². The smallest absolute Gasteiger partial charge is 0.339 e. The molecular formula is C11H14N2O3. The van der Waals surface area contributed by atoms with Crippen molar-refractivity contribution >= 4 is 11.7 Å². The van der Waals surface area contributed by atoms with Gasteiger partial charge in [-0.3, -0.25) is 4.98 Å². The topological polar surface area (TPSA) is 82.5 Å². The maximum atomic E-state index is 11.0. The summed E-state index contributed by atoms with van der Waals surface area (Å²) in [6.45, 7) is 0.0222. The fraction of sp³-hybridized carbons (Fsp3) is 0.455. The Morgan fingerprint density at radius 1 is 1.56 bits per heavy atom. The van der Waals surface area contributed by atoms with E-state index in [1.807, 2.05) is 0 Å². The summed E-state index contributed by atoms with van der Waals surface area (Å²) in [5.41, 5.74) is 0.324. The van der Waals surface area contributed by atoms with Crippen LogP contribution in [0.15, 0.2) is 18.5 Å². The Labute approximate surface area is 93.1 Å². The van der Waals surface area contributed by atoms with Crippen LogP contribution in [-0.2, 0) is 0 Å². The van der Waals surface area contributed by atoms with Crippen molar-refractivity contribution in [3.8, 4) is 0 Å². The average molecular weight is 222 g/mol. The molecule has 16 heavy (non-hydrogen) atoms. The molecule has 1 heterocycles. The van der Waals surface area contributed by atoms with E-state index in [0.29, 0.717) is 5.69 Å². The molecule has 0 saturated heterocycles. The highest BCUT2D eigenvalue weighted by Gasteiger charge is 2.36. The Morgan fingerprint density at radius 2 is 2.31 bits per heavy atom. The number of pyridine rings is 1. The second-order valence-corrected chi connectivity index (χ2v) is 4.14. The summed E-state index contributed by atoms with van der Waals surface area (Å²) in [6.07, 6.45) is 5.64. The predicted octanol–water partition coefficient (Wildman–Crippen LogP) is 1.11. The molecule has 0 radical (unpaired) electrons. The molecule has 0 aliphatic heterocycles. The number of carboxylic acids is 1. The van der Waals surface area contributed by atoms with E-state index in [2.05, 4.69) is 10.3 Å². The predicted molar refractivity (Wildman–Crippen MR) is 58.5 cm³/mol. The third-order valence-corrected chi connectivity index (χ3v) is 3.06. The van der Waals surface area contributed by atoms with E-state index in [9.17, 15) is 9.90 Å². The molecule has 0 bridgehead atoms. The van der Waals surface area contributed by atoms with Crippen LogP contribution in [0, 0.1) is 0 Å². The number of aliphatic hydroxyl groups excluding tert-OH is 1. The van der Waals surface area contributed by atoms with Crippen molar-refractivity contribution in [2.24, 2.45) is 0 Å². The Hall–Kier alpha value is -1.62. The molecule has 0 unspecified atom stereocenters. The molecule has 86 valence electrons. The van der Waals surface area contributed by atoms with Gasteiger partial charge in [0.15, 0.2) is 0 Å². The summed E-state index contributed by atoms with van der Waals surface area (Å²) in [5, 5.41) is 21.4. The van der Waals surface area contributed by atoms with Gasteiger partial charge in [-0.15, -0.1) is 0 Å². The van der Waals surface area contributed by atoms with Crippen molar-refractivity contribution in [2.45, 2.75) is 24.8 Å². The second-order valence-electron chi connectivity index (χ2n) is 4.14. The zero-order valence-corrected chi connectivity index (χ0v) is 8.81. The number of nitrogens with zero attached hydrogens (tertiary/aromatic N) is 1. The van der Waals surface area contributed by atoms with Gasteiger partial charge in [-0.05, 0) is 25.3 Å². The highest BCUT2D eigenvalue weighted by molar-refractivity contribution is 5.93. The first-order valence-electron chi connectivity index (χ1n) is 5.23. The van der Waals surface area contributed by atoms with Crippen LogP contribution in [-0.4, -0.2) is 33.3 Å². The fourth-order valence-corrected chi connectivity index (χ4v) is 1.89. The number of aromatic nitrogens is 1. The quantitative estimate of drug-likeness (QED) is 0.710. The lowest BCUT2D eigenvalue weighted by Gasteiger charge is -2.42. The Kier molecular flexibility index (Phi) is 2.78. The van der Waals surface area contributed by atoms with Crippen molar-refractivity contribution in [1.29, 1.82) is 0 Å². The number of rotatable bonds is 4. The standard InChI is InChI=1S/C11H14N2O3/c14-7-11(3-1-4-11)13-9-2-5-12-6-8(9)10(15)16/h2,5-6,14H,1,3-4,7H2,(H,12,13)(H,15,16). The maximum absolute atomic E-state index is 11.0. The third kappa shape index (κ3) is 1.86. The fourth-order valence-electron chi connectivity index (χ4n) is 1.89. The van der Waals surface area contributed by atoms with Crippen molar-refractivity contribution in [2.75, 3.05) is 11.9 Å². The summed E-state index contributed by atoms with van der Waals surface area (Å²) in [5.74, 6) is -1.01. The zero-order valence-electron chi connectivity index (χ0n) is 8.81. The minimum absolute atomic E-state index is 0.0222. The molecule has 3 N–H and O–H groups in total. The number of hydrogen-bond acceptors (Lipinski definition) is 4. The molecule has 1 saturated carbocycles. The molecular weight excluding hydrogens is 208 g/mol. The lowest BCUT2D eigenvalue weighted by Crippen LogP contribution is -2.48. The summed E-state index contributed by atoms with van der Waals surface area (Å²) in [6, 6.07) is 1.62. The van der Waals surface area contributed by atoms with Crippen molar-refractivity contribution in [3.63, 3.8) is 0 Å². The normalized spacial score (nSPS) is 17.6. The molecule has 0 atom stereocenters. The summed E-state index contributed by atoms with van der Waals surface area (Å²) < 4.78 is 0. The lowest BCUT2D eigenvalue weighted by atomic mass is 9.77. The van der Waals surface area contributed by atoms with Gasteiger partial charge >= 0.3 is 5.97 Å². The van der Waals surface area contributed by atoms with Crippen LogP contribution in [0.1, 0.15) is 29.6 Å². The first kappa shape index (κ1) is 10.9. The van der Waals surface area contributed by atoms with E-state index in [1.54, 1.807) is 12.3 Å². The third-order valence-electron chi connectivity index (χ3n) is 3.06. The highest BCUT2D eigenvalue weighted by atomic mass is 16.4. The monoisotopic (exact) mass is 222 g/mol. The van der Waals surface area contributed by atoms with E-state index in [-0.39, 0.29) is 17.7 Å². The molecule has 2 rings (SSSR count). The number of nitrogens with one attached hydrogen (secondary N) is 1. The van der Waals surface area contributed by atoms with E-state index in [4.69, 9.17) is 5.11 Å². The summed E-state index contributed by atoms with van der Waals surface area (Å²) in [7, 11) is 0. The number of carboxylic acid groups (broad SMARTS) is 1. The van der Waals surface area contributed by atoms with E-state index in [0.717, 1.165) is 19.3 Å². The van der Waals surface area contributed by atoms with Crippen LogP contribution < -0.4 is 5.32 Å². The lowest BCUT2D eigenvalue weighted by molar-refractivity contribution is 0.0696. The minimum atomic E-state index is -1.01. The number of aromatic carboxylic acids is 1. The van der Waals surface area contributed by atoms with E-state index >= 15 is 0 Å². The molecule has 0 amide bonds. The van der Waals surface area contributed by atoms with Crippen LogP contribution in [0.3, 0.4) is 0 Å². The number of aliphatic hydroxyl groups is 1. The largest absolute Gasteiger partial charge is 0.478 e. The molecule has 5 heteroatoms. The van der Waals surface area contributed by atoms with Gasteiger partial charge in [-0.25, -0.2) is 4.79 Å². The Morgan fingerprint density at radius 3 is 2.81 bits per heavy atom. The number of carbonyl (C=O) groups is 1. The van der Waals surface area contributed by atoms with Crippen molar-refractivity contribution in [1.82, 2.24) is 4.98 Å². The van der Waals surface area contributed by atoms with Gasteiger partial charge in [-0.1, -0.05) is 0 Å². The van der Waals surface area contributed by atoms with E-state index < -0.39 is 5.97 Å². The van der Waals surface area contributed by atoms with Crippen LogP contribution >= 0.6 is 0 Å². The van der Waals surface area contributed by atoms with Gasteiger partial charge in [0.05, 0.1) is 17.8 Å². The summed E-state index contributed by atoms with van der Waals surface area (Å²) in [4.78, 5) is 14.7. The number of hydrogen-bond donors (Lipinski definition) is 3. The minimum Gasteiger partial charge on any atom is -0.478 e. The number of anilines is 1. The van der Waals surface area contributed by atoms with Crippen LogP contribution in [0.2, 0.25) is 0 Å². The molecule has 5 nitrogen and oxygen atoms in total. The Balaban J connectivity index is 2.23. The molecule has 1 aromatic heterocycles. The zero-order chi connectivity index (χ0) is 11.6. The SMILES string of the molecule is O=C(O)c1cnccc1NC1(CO)CCC1. The molecule has 1 aromatic rings. The van der Waals surface area contributed by atoms with Gasteiger partial charge in [0, 0.05) is 12.4 Å². The first-order chi connectivity index (χ1) is 7.67.